The van der Waals surface area contributed by atoms with E-state index in [1.807, 2.05) is 0 Å². The number of hydrogen-bond acceptors (Lipinski definition) is 8. The van der Waals surface area contributed by atoms with E-state index in [9.17, 15) is 22.4 Å². The number of anilines is 2. The van der Waals surface area contributed by atoms with Gasteiger partial charge in [0.05, 0.1) is 27.8 Å². The van der Waals surface area contributed by atoms with E-state index < -0.39 is 26.8 Å². The molecule has 1 aromatic carbocycles. The number of hydrogen-bond donors (Lipinski definition) is 2. The molecule has 3 heterocycles. The number of benzene rings is 1. The summed E-state index contributed by atoms with van der Waals surface area (Å²) in [6.45, 7) is 1.30. The maximum Gasteiger partial charge on any atom is 0.259 e. The van der Waals surface area contributed by atoms with Crippen molar-refractivity contribution in [3.05, 3.63) is 65.0 Å². The molecule has 2 fully saturated rings. The van der Waals surface area contributed by atoms with Gasteiger partial charge in [-0.2, -0.15) is 4.39 Å². The van der Waals surface area contributed by atoms with Gasteiger partial charge < -0.3 is 10.1 Å². The number of rotatable bonds is 9. The lowest BCUT2D eigenvalue weighted by Crippen LogP contribution is -2.26. The van der Waals surface area contributed by atoms with E-state index in [-0.39, 0.29) is 32.6 Å². The van der Waals surface area contributed by atoms with E-state index in [0.717, 1.165) is 24.6 Å². The van der Waals surface area contributed by atoms with Gasteiger partial charge in [0, 0.05) is 19.4 Å². The number of carbonyl (C=O) groups excluding carboxylic acids is 2. The maximum atomic E-state index is 13.4. The van der Waals surface area contributed by atoms with Crippen molar-refractivity contribution < 1.29 is 27.1 Å². The van der Waals surface area contributed by atoms with Gasteiger partial charge in [0.1, 0.15) is 5.82 Å². The predicted octanol–water partition coefficient (Wildman–Crippen LogP) is 4.40. The Balaban J connectivity index is 1.29. The average Bonchev–Trinajstić information content (AvgIpc) is 3.71. The first-order valence-electron chi connectivity index (χ1n) is 12.4. The third-order valence-electron chi connectivity index (χ3n) is 6.78. The average molecular weight is 559 g/mol. The standard InChI is InChI=1S/C26H27FN4O5S2/c27-22-15-29-26(37-22)31-24(32)18-3-8-23(28-14-18)30-25(33)21(13-16-9-11-36-12-10-16)17-1-4-19(5-2-17)38(34,35)20-6-7-20/h1-5,8,14-16,20-21H,6-7,9-13H2,(H,28,30,33)(H,29,31,32)/t21-/m1/s1. The van der Waals surface area contributed by atoms with Gasteiger partial charge in [-0.15, -0.1) is 0 Å². The Morgan fingerprint density at radius 3 is 2.34 bits per heavy atom. The molecule has 5 rings (SSSR count). The summed E-state index contributed by atoms with van der Waals surface area (Å²) in [4.78, 5) is 34.0. The fourth-order valence-electron chi connectivity index (χ4n) is 4.47. The zero-order valence-corrected chi connectivity index (χ0v) is 22.1. The van der Waals surface area contributed by atoms with Gasteiger partial charge in [-0.05, 0) is 67.9 Å². The van der Waals surface area contributed by atoms with Crippen LogP contribution >= 0.6 is 11.3 Å². The number of nitrogens with zero attached hydrogens (tertiary/aromatic N) is 2. The van der Waals surface area contributed by atoms with Crippen molar-refractivity contribution in [3.8, 4) is 0 Å². The molecule has 0 spiro atoms. The molecule has 9 nitrogen and oxygen atoms in total. The Morgan fingerprint density at radius 1 is 1.00 bits per heavy atom. The topological polar surface area (TPSA) is 127 Å². The highest BCUT2D eigenvalue weighted by Gasteiger charge is 2.37. The SMILES string of the molecule is O=C(Nc1ncc(F)s1)c1ccc(NC(=O)[C@H](CC2CCOCC2)c2ccc(S(=O)(=O)C3CC3)cc2)nc1. The maximum absolute atomic E-state index is 13.4. The highest BCUT2D eigenvalue weighted by atomic mass is 32.2. The summed E-state index contributed by atoms with van der Waals surface area (Å²) >= 11 is 0.716. The molecule has 0 unspecified atom stereocenters. The quantitative estimate of drug-likeness (QED) is 0.398. The smallest absolute Gasteiger partial charge is 0.259 e. The monoisotopic (exact) mass is 558 g/mol. The molecular weight excluding hydrogens is 531 g/mol. The van der Waals surface area contributed by atoms with E-state index in [1.165, 1.54) is 18.3 Å². The van der Waals surface area contributed by atoms with Crippen LogP contribution in [0.25, 0.3) is 0 Å². The largest absolute Gasteiger partial charge is 0.381 e. The van der Waals surface area contributed by atoms with Crippen LogP contribution in [0.4, 0.5) is 15.3 Å². The van der Waals surface area contributed by atoms with E-state index >= 15 is 0 Å². The zero-order valence-electron chi connectivity index (χ0n) is 20.4. The Labute approximate surface area is 223 Å². The third kappa shape index (κ3) is 6.25. The van der Waals surface area contributed by atoms with E-state index in [1.54, 1.807) is 24.3 Å². The third-order valence-corrected chi connectivity index (χ3v) is 9.76. The van der Waals surface area contributed by atoms with Crippen LogP contribution < -0.4 is 10.6 Å². The number of carbonyl (C=O) groups is 2. The summed E-state index contributed by atoms with van der Waals surface area (Å²) in [5, 5.41) is 4.66. The second-order valence-electron chi connectivity index (χ2n) is 9.50. The van der Waals surface area contributed by atoms with Gasteiger partial charge in [0.2, 0.25) is 5.91 Å². The second kappa shape index (κ2) is 11.3. The molecule has 2 amide bonds. The molecule has 1 saturated heterocycles. The van der Waals surface area contributed by atoms with Crippen molar-refractivity contribution in [2.24, 2.45) is 5.92 Å². The van der Waals surface area contributed by atoms with Crippen molar-refractivity contribution in [2.75, 3.05) is 23.8 Å². The molecular formula is C26H27FN4O5S2. The number of thiazole rings is 1. The minimum atomic E-state index is -3.32. The number of amides is 2. The molecule has 0 radical (unpaired) electrons. The van der Waals surface area contributed by atoms with Crippen molar-refractivity contribution in [3.63, 3.8) is 0 Å². The number of ether oxygens (including phenoxy) is 1. The predicted molar refractivity (Wildman–Crippen MR) is 140 cm³/mol. The van der Waals surface area contributed by atoms with E-state index in [2.05, 4.69) is 20.6 Å². The fourth-order valence-corrected chi connectivity index (χ4v) is 6.66. The Hall–Kier alpha value is -3.22. The number of pyridine rings is 1. The molecule has 0 bridgehead atoms. The Morgan fingerprint density at radius 2 is 1.74 bits per heavy atom. The molecule has 1 aliphatic heterocycles. The first-order valence-corrected chi connectivity index (χ1v) is 14.8. The van der Waals surface area contributed by atoms with Crippen molar-refractivity contribution in [2.45, 2.75) is 48.2 Å². The molecule has 12 heteroatoms. The Bertz CT molecular complexity index is 1400. The summed E-state index contributed by atoms with van der Waals surface area (Å²) in [6, 6.07) is 9.65. The summed E-state index contributed by atoms with van der Waals surface area (Å²) in [6.07, 6.45) is 6.01. The molecule has 200 valence electrons. The molecule has 2 aliphatic rings. The zero-order chi connectivity index (χ0) is 26.7. The summed E-state index contributed by atoms with van der Waals surface area (Å²) in [5.74, 6) is -0.707. The molecule has 2 aromatic heterocycles. The Kier molecular flexibility index (Phi) is 7.82. The number of nitrogens with one attached hydrogen (secondary N) is 2. The lowest BCUT2D eigenvalue weighted by molar-refractivity contribution is -0.118. The van der Waals surface area contributed by atoms with Gasteiger partial charge in [-0.25, -0.2) is 18.4 Å². The summed E-state index contributed by atoms with van der Waals surface area (Å²) in [7, 11) is -3.32. The van der Waals surface area contributed by atoms with Crippen LogP contribution in [-0.4, -0.2) is 48.7 Å². The fraction of sp³-hybridized carbons (Fsp3) is 0.385. The van der Waals surface area contributed by atoms with Gasteiger partial charge in [0.15, 0.2) is 20.1 Å². The lowest BCUT2D eigenvalue weighted by Gasteiger charge is -2.26. The molecule has 3 aromatic rings. The summed E-state index contributed by atoms with van der Waals surface area (Å²) in [5.41, 5.74) is 0.959. The number of halogens is 1. The van der Waals surface area contributed by atoms with Crippen molar-refractivity contribution in [1.82, 2.24) is 9.97 Å². The van der Waals surface area contributed by atoms with Crippen LogP contribution in [0.1, 0.15) is 53.9 Å². The van der Waals surface area contributed by atoms with E-state index in [0.29, 0.717) is 49.7 Å². The molecule has 2 N–H and O–H groups in total. The minimum absolute atomic E-state index is 0.136. The van der Waals surface area contributed by atoms with Gasteiger partial charge in [-0.3, -0.25) is 14.9 Å². The van der Waals surface area contributed by atoms with Crippen LogP contribution in [0, 0.1) is 11.0 Å². The first kappa shape index (κ1) is 26.4. The van der Waals surface area contributed by atoms with Gasteiger partial charge in [0.25, 0.3) is 5.91 Å². The number of sulfone groups is 1. The van der Waals surface area contributed by atoms with Crippen molar-refractivity contribution in [1.29, 1.82) is 0 Å². The van der Waals surface area contributed by atoms with E-state index in [4.69, 9.17) is 4.74 Å². The van der Waals surface area contributed by atoms with Crippen LogP contribution in [-0.2, 0) is 19.4 Å². The van der Waals surface area contributed by atoms with Crippen LogP contribution in [0.5, 0.6) is 0 Å². The molecule has 1 atom stereocenters. The molecule has 1 saturated carbocycles. The summed E-state index contributed by atoms with van der Waals surface area (Å²) < 4.78 is 43.8. The molecule has 38 heavy (non-hydrogen) atoms. The molecule has 1 aliphatic carbocycles. The van der Waals surface area contributed by atoms with Crippen LogP contribution in [0.3, 0.4) is 0 Å². The van der Waals surface area contributed by atoms with Gasteiger partial charge >= 0.3 is 0 Å². The number of aromatic nitrogens is 2. The second-order valence-corrected chi connectivity index (χ2v) is 12.7. The highest BCUT2D eigenvalue weighted by molar-refractivity contribution is 7.92. The van der Waals surface area contributed by atoms with Gasteiger partial charge in [-0.1, -0.05) is 23.5 Å². The minimum Gasteiger partial charge on any atom is -0.381 e. The lowest BCUT2D eigenvalue weighted by atomic mass is 9.84. The van der Waals surface area contributed by atoms with Crippen LogP contribution in [0.15, 0.2) is 53.7 Å². The first-order chi connectivity index (χ1) is 18.3. The highest BCUT2D eigenvalue weighted by Crippen LogP contribution is 2.35. The van der Waals surface area contributed by atoms with Crippen molar-refractivity contribution >= 4 is 43.9 Å². The normalized spacial score (nSPS) is 17.1. The van der Waals surface area contributed by atoms with Crippen LogP contribution in [0.2, 0.25) is 0 Å².